The van der Waals surface area contributed by atoms with Gasteiger partial charge in [-0.2, -0.15) is 0 Å². The largest absolute Gasteiger partial charge is 0.390 e. The number of hydrogen-bond acceptors (Lipinski definition) is 4. The van der Waals surface area contributed by atoms with Crippen LogP contribution in [0.3, 0.4) is 0 Å². The van der Waals surface area contributed by atoms with Gasteiger partial charge >= 0.3 is 5.69 Å². The molecule has 0 aliphatic heterocycles. The summed E-state index contributed by atoms with van der Waals surface area (Å²) in [5.41, 5.74) is -10.9. The minimum absolute atomic E-state index is 0.286. The van der Waals surface area contributed by atoms with Gasteiger partial charge in [-0.1, -0.05) is 6.92 Å². The minimum Gasteiger partial charge on any atom is -0.390 e. The highest BCUT2D eigenvalue weighted by Gasteiger charge is 2.16. The van der Waals surface area contributed by atoms with Crippen molar-refractivity contribution in [2.75, 3.05) is 0 Å². The second-order valence-electron chi connectivity index (χ2n) is 4.25. The fourth-order valence-electron chi connectivity index (χ4n) is 1.68. The maximum atomic E-state index is 13.5. The van der Waals surface area contributed by atoms with Crippen LogP contribution >= 0.6 is 0 Å². The molecule has 0 spiro atoms. The SMILES string of the molecule is [2H]C([2H])([2H])n1c(=O)n(C([2H])([2H])C([2H])([2H])C([2H])([2H])C([2H])([2H])C(O)(C([2H])([2H])[2H])C([3H])([3H])[3H])c(=O)c2c1ncn2C([2H])([2H])CC. The Morgan fingerprint density at radius 1 is 1.48 bits per heavy atom. The number of nitrogens with zero attached hydrogens (tertiary/aromatic N) is 4. The van der Waals surface area contributed by atoms with Crippen LogP contribution < -0.4 is 11.2 Å². The van der Waals surface area contributed by atoms with Gasteiger partial charge in [-0.05, 0) is 39.2 Å². The number of rotatable bonds is 7. The molecular formula is C16H26N4O3. The maximum Gasteiger partial charge on any atom is 0.332 e. The Balaban J connectivity index is 3.15. The van der Waals surface area contributed by atoms with Gasteiger partial charge < -0.3 is 9.67 Å². The van der Waals surface area contributed by atoms with Crippen molar-refractivity contribution >= 4 is 11.2 Å². The first-order chi connectivity index (χ1) is 18.2. The Labute approximate surface area is 161 Å². The summed E-state index contributed by atoms with van der Waals surface area (Å²) in [5, 5.41) is 10.7. The first kappa shape index (κ1) is 5.05. The molecule has 0 aliphatic rings. The number of aromatic nitrogens is 4. The molecule has 1 N–H and O–H groups in total. The van der Waals surface area contributed by atoms with Crippen LogP contribution in [0, 0.1) is 0 Å². The Hall–Kier alpha value is -1.89. The van der Waals surface area contributed by atoms with E-state index in [9.17, 15) is 14.7 Å². The molecule has 1 unspecified atom stereocenters. The molecule has 2 aromatic rings. The average molecular weight is 345 g/mol. The Bertz CT molecular complexity index is 1460. The zero-order chi connectivity index (χ0) is 33.7. The van der Waals surface area contributed by atoms with Gasteiger partial charge in [0.2, 0.25) is 0 Å². The highest BCUT2D eigenvalue weighted by Crippen LogP contribution is 2.12. The molecule has 0 radical (unpaired) electrons. The highest BCUT2D eigenvalue weighted by atomic mass is 16.3. The molecule has 0 saturated carbocycles. The van der Waals surface area contributed by atoms with E-state index in [0.29, 0.717) is 10.9 Å². The van der Waals surface area contributed by atoms with Crippen LogP contribution in [0.1, 0.15) is 72.2 Å². The second kappa shape index (κ2) is 6.70. The molecule has 0 aliphatic carbocycles. The van der Waals surface area contributed by atoms with Crippen molar-refractivity contribution in [3.05, 3.63) is 27.2 Å². The third kappa shape index (κ3) is 3.72. The van der Waals surface area contributed by atoms with Gasteiger partial charge in [-0.3, -0.25) is 13.9 Å². The monoisotopic (exact) mass is 344 g/mol. The third-order valence-corrected chi connectivity index (χ3v) is 2.55. The molecule has 0 fully saturated rings. The van der Waals surface area contributed by atoms with Crippen molar-refractivity contribution in [3.63, 3.8) is 0 Å². The van der Waals surface area contributed by atoms with Gasteiger partial charge in [0.1, 0.15) is 0 Å². The van der Waals surface area contributed by atoms with Crippen LogP contribution in [0.4, 0.5) is 0 Å². The van der Waals surface area contributed by atoms with Gasteiger partial charge in [-0.15, -0.1) is 0 Å². The zero-order valence-corrected chi connectivity index (χ0v) is 11.8. The summed E-state index contributed by atoms with van der Waals surface area (Å²) in [6.07, 6.45) is -13.9. The van der Waals surface area contributed by atoms with Crippen LogP contribution in [0.2, 0.25) is 0 Å². The number of aliphatic hydroxyl groups is 1. The first-order valence-corrected chi connectivity index (χ1v) is 6.22. The van der Waals surface area contributed by atoms with Crippen molar-refractivity contribution in [3.8, 4) is 0 Å². The molecule has 23 heavy (non-hydrogen) atoms. The number of hydrogen-bond donors (Lipinski definition) is 1. The minimum atomic E-state index is -4.74. The van der Waals surface area contributed by atoms with Gasteiger partial charge in [0, 0.05) is 43.3 Å². The molecule has 0 bridgehead atoms. The lowest BCUT2D eigenvalue weighted by Crippen LogP contribution is -2.39. The van der Waals surface area contributed by atoms with E-state index in [1.54, 1.807) is 0 Å². The average Bonchev–Trinajstić information content (AvgIpc) is 3.21. The topological polar surface area (TPSA) is 82.0 Å². The lowest BCUT2D eigenvalue weighted by Gasteiger charge is -2.16. The van der Waals surface area contributed by atoms with E-state index in [4.69, 9.17) is 26.0 Å². The molecule has 2 aromatic heterocycles. The van der Waals surface area contributed by atoms with Gasteiger partial charge in [0.15, 0.2) is 11.2 Å². The Kier molecular flexibility index (Phi) is 1.47. The van der Waals surface area contributed by atoms with E-state index >= 15 is 0 Å². The number of fused-ring (bicyclic) bond motifs is 1. The molecule has 1 atom stereocenters. The van der Waals surface area contributed by atoms with E-state index in [0.717, 1.165) is 0 Å². The quantitative estimate of drug-likeness (QED) is 0.819. The molecule has 0 aromatic carbocycles. The molecule has 2 heterocycles. The van der Waals surface area contributed by atoms with Crippen molar-refractivity contribution < 1.29 is 31.2 Å². The molecule has 7 nitrogen and oxygen atoms in total. The summed E-state index contributed by atoms with van der Waals surface area (Å²) in [6, 6.07) is 0. The first-order valence-electron chi connectivity index (χ1n) is 15.7. The lowest BCUT2D eigenvalue weighted by atomic mass is 10.0. The highest BCUT2D eigenvalue weighted by molar-refractivity contribution is 5.69. The zero-order valence-electron chi connectivity index (χ0n) is 30.8. The maximum absolute atomic E-state index is 13.5. The van der Waals surface area contributed by atoms with E-state index in [1.807, 2.05) is 0 Å². The van der Waals surface area contributed by atoms with Crippen LogP contribution in [0.5, 0.6) is 0 Å². The fourth-order valence-corrected chi connectivity index (χ4v) is 1.68. The Morgan fingerprint density at radius 3 is 2.96 bits per heavy atom. The Morgan fingerprint density at radius 2 is 2.30 bits per heavy atom. The van der Waals surface area contributed by atoms with E-state index in [1.165, 1.54) is 6.92 Å². The van der Waals surface area contributed by atoms with Crippen molar-refractivity contribution in [2.24, 2.45) is 6.98 Å². The van der Waals surface area contributed by atoms with Gasteiger partial charge in [-0.25, -0.2) is 9.78 Å². The van der Waals surface area contributed by atoms with Crippen molar-refractivity contribution in [1.82, 2.24) is 18.7 Å². The van der Waals surface area contributed by atoms with Crippen molar-refractivity contribution in [1.29, 1.82) is 0 Å². The molecule has 0 saturated heterocycles. The molecule has 2 rings (SSSR count). The molecule has 0 amide bonds. The standard InChI is InChI=1S/C16H26N4O3/c1-5-9-19-11-17-13-12(19)14(21)20(15(22)18(13)4)10-7-6-8-16(2,3)23/h11,23H,5-10H2,1-4H3/i2D3,3T3,4D3,6D2,7D2,8D2,9D2,10D2. The molecule has 128 valence electrons. The third-order valence-electron chi connectivity index (χ3n) is 2.55. The van der Waals surface area contributed by atoms with Crippen LogP contribution in [-0.4, -0.2) is 29.4 Å². The van der Waals surface area contributed by atoms with Gasteiger partial charge in [0.05, 0.1) is 14.7 Å². The fraction of sp³-hybridized carbons (Fsp3) is 0.688. The van der Waals surface area contributed by atoms with E-state index < -0.39 is 91.8 Å². The summed E-state index contributed by atoms with van der Waals surface area (Å²) in [4.78, 5) is 30.5. The summed E-state index contributed by atoms with van der Waals surface area (Å²) < 4.78 is 149. The van der Waals surface area contributed by atoms with Crippen LogP contribution in [0.25, 0.3) is 11.2 Å². The summed E-state index contributed by atoms with van der Waals surface area (Å²) >= 11 is 0. The second-order valence-corrected chi connectivity index (χ2v) is 4.25. The smallest absolute Gasteiger partial charge is 0.332 e. The number of aryl methyl sites for hydroxylation is 2. The predicted molar refractivity (Wildman–Crippen MR) is 89.7 cm³/mol. The van der Waals surface area contributed by atoms with Crippen molar-refractivity contribution in [2.45, 2.75) is 64.8 Å². The summed E-state index contributed by atoms with van der Waals surface area (Å²) in [7, 11) is 0. The normalized spacial score (nSPS) is 31.3. The van der Waals surface area contributed by atoms with Crippen LogP contribution in [-0.2, 0) is 20.0 Å². The molecular weight excluding hydrogens is 296 g/mol. The predicted octanol–water partition coefficient (Wildman–Crippen LogP) is 1.25. The van der Waals surface area contributed by atoms with Gasteiger partial charge in [0.25, 0.3) is 5.56 Å². The summed E-state index contributed by atoms with van der Waals surface area (Å²) in [5.74, 6) is 0. The molecule has 7 heteroatoms. The lowest BCUT2D eigenvalue weighted by molar-refractivity contribution is 0.0678. The van der Waals surface area contributed by atoms with E-state index in [2.05, 4.69) is 4.98 Å². The summed E-state index contributed by atoms with van der Waals surface area (Å²) in [6.45, 7) is -17.9. The van der Waals surface area contributed by atoms with E-state index in [-0.39, 0.29) is 4.57 Å². The number of imidazole rings is 1. The van der Waals surface area contributed by atoms with Crippen LogP contribution in [0.15, 0.2) is 15.9 Å².